The Labute approximate surface area is 117 Å². The monoisotopic (exact) mass is 268 g/mol. The molecule has 0 atom stereocenters. The van der Waals surface area contributed by atoms with Gasteiger partial charge in [-0.15, -0.1) is 0 Å². The topological polar surface area (TPSA) is 71.6 Å². The Morgan fingerprint density at radius 2 is 2.10 bits per heavy atom. The van der Waals surface area contributed by atoms with Gasteiger partial charge >= 0.3 is 0 Å². The number of aromatic nitrogens is 3. The minimum atomic E-state index is -0.0555. The van der Waals surface area contributed by atoms with Crippen molar-refractivity contribution in [1.29, 1.82) is 5.26 Å². The Morgan fingerprint density at radius 1 is 1.35 bits per heavy atom. The Hall–Kier alpha value is -2.48. The van der Waals surface area contributed by atoms with Gasteiger partial charge in [-0.05, 0) is 25.1 Å². The molecule has 0 aliphatic carbocycles. The summed E-state index contributed by atoms with van der Waals surface area (Å²) in [6.45, 7) is 5.48. The summed E-state index contributed by atoms with van der Waals surface area (Å²) in [5.74, 6) is 1.47. The summed E-state index contributed by atoms with van der Waals surface area (Å²) < 4.78 is 1.68. The van der Waals surface area contributed by atoms with Gasteiger partial charge in [0, 0.05) is 18.4 Å². The van der Waals surface area contributed by atoms with Crippen LogP contribution in [0.4, 0.5) is 0 Å². The quantitative estimate of drug-likeness (QED) is 0.798. The first-order chi connectivity index (χ1) is 9.60. The fourth-order valence-electron chi connectivity index (χ4n) is 2.04. The third-order valence-electron chi connectivity index (χ3n) is 3.08. The van der Waals surface area contributed by atoms with Crippen molar-refractivity contribution in [2.24, 2.45) is 0 Å². The molecule has 0 aliphatic heterocycles. The number of aryl methyl sites for hydroxylation is 2. The van der Waals surface area contributed by atoms with Crippen molar-refractivity contribution >= 4 is 5.78 Å². The lowest BCUT2D eigenvalue weighted by Crippen LogP contribution is -2.08. The predicted octanol–water partition coefficient (Wildman–Crippen LogP) is 2.47. The first-order valence-electron chi connectivity index (χ1n) is 6.61. The molecule has 1 aromatic carbocycles. The Morgan fingerprint density at radius 3 is 2.65 bits per heavy atom. The molecule has 5 nitrogen and oxygen atoms in total. The van der Waals surface area contributed by atoms with Crippen LogP contribution in [0.1, 0.15) is 48.3 Å². The second-order valence-corrected chi connectivity index (χ2v) is 4.46. The number of benzene rings is 1. The van der Waals surface area contributed by atoms with Gasteiger partial charge in [-0.25, -0.2) is 9.67 Å². The van der Waals surface area contributed by atoms with E-state index in [0.717, 1.165) is 18.1 Å². The molecular weight excluding hydrogens is 252 g/mol. The minimum Gasteiger partial charge on any atom is -0.294 e. The Balaban J connectivity index is 2.70. The largest absolute Gasteiger partial charge is 0.294 e. The lowest BCUT2D eigenvalue weighted by molar-refractivity contribution is 0.101. The van der Waals surface area contributed by atoms with Crippen LogP contribution in [0, 0.1) is 11.3 Å². The molecule has 1 heterocycles. The van der Waals surface area contributed by atoms with E-state index in [1.165, 1.54) is 6.92 Å². The van der Waals surface area contributed by atoms with Crippen LogP contribution in [0.3, 0.4) is 0 Å². The van der Waals surface area contributed by atoms with Crippen LogP contribution < -0.4 is 0 Å². The van der Waals surface area contributed by atoms with E-state index in [1.807, 2.05) is 13.8 Å². The zero-order chi connectivity index (χ0) is 14.7. The number of ketones is 1. The molecule has 0 bridgehead atoms. The molecule has 0 unspecified atom stereocenters. The van der Waals surface area contributed by atoms with Crippen molar-refractivity contribution in [3.8, 4) is 11.8 Å². The van der Waals surface area contributed by atoms with Gasteiger partial charge in [0.1, 0.15) is 5.82 Å². The average molecular weight is 268 g/mol. The van der Waals surface area contributed by atoms with Gasteiger partial charge in [-0.3, -0.25) is 4.79 Å². The van der Waals surface area contributed by atoms with Crippen LogP contribution >= 0.6 is 0 Å². The van der Waals surface area contributed by atoms with Crippen LogP contribution in [0.5, 0.6) is 0 Å². The normalized spacial score (nSPS) is 10.3. The number of nitriles is 1. The molecule has 0 N–H and O–H groups in total. The Bertz CT molecular complexity index is 694. The fraction of sp³-hybridized carbons (Fsp3) is 0.333. The van der Waals surface area contributed by atoms with Crippen LogP contribution in [-0.2, 0) is 12.8 Å². The first kappa shape index (κ1) is 13.9. The fourth-order valence-corrected chi connectivity index (χ4v) is 2.04. The summed E-state index contributed by atoms with van der Waals surface area (Å²) in [6, 6.07) is 7.09. The molecule has 0 fully saturated rings. The van der Waals surface area contributed by atoms with Crippen LogP contribution in [0.15, 0.2) is 18.2 Å². The maximum absolute atomic E-state index is 11.8. The second-order valence-electron chi connectivity index (χ2n) is 4.46. The highest BCUT2D eigenvalue weighted by Gasteiger charge is 2.15. The van der Waals surface area contributed by atoms with Crippen molar-refractivity contribution in [2.45, 2.75) is 33.6 Å². The molecule has 0 amide bonds. The number of carbonyl (C=O) groups is 1. The predicted molar refractivity (Wildman–Crippen MR) is 74.8 cm³/mol. The molecule has 0 radical (unpaired) electrons. The maximum Gasteiger partial charge on any atom is 0.161 e. The van der Waals surface area contributed by atoms with Crippen molar-refractivity contribution in [1.82, 2.24) is 14.8 Å². The van der Waals surface area contributed by atoms with E-state index in [1.54, 1.807) is 22.9 Å². The highest BCUT2D eigenvalue weighted by molar-refractivity contribution is 5.97. The van der Waals surface area contributed by atoms with Crippen molar-refractivity contribution in [3.05, 3.63) is 41.0 Å². The van der Waals surface area contributed by atoms with E-state index in [0.29, 0.717) is 23.2 Å². The average Bonchev–Trinajstić information content (AvgIpc) is 2.89. The van der Waals surface area contributed by atoms with Crippen LogP contribution in [0.25, 0.3) is 5.69 Å². The number of Topliss-reactive ketones (excluding diaryl/α,β-unsaturated/α-hetero) is 1. The van der Waals surface area contributed by atoms with E-state index in [-0.39, 0.29) is 5.78 Å². The molecular formula is C15H16N4O. The summed E-state index contributed by atoms with van der Waals surface area (Å²) in [5, 5.41) is 13.5. The van der Waals surface area contributed by atoms with E-state index in [2.05, 4.69) is 16.2 Å². The van der Waals surface area contributed by atoms with E-state index in [9.17, 15) is 4.79 Å². The van der Waals surface area contributed by atoms with E-state index >= 15 is 0 Å². The molecule has 0 saturated carbocycles. The summed E-state index contributed by atoms with van der Waals surface area (Å²) in [7, 11) is 0. The highest BCUT2D eigenvalue weighted by Crippen LogP contribution is 2.19. The molecule has 20 heavy (non-hydrogen) atoms. The molecule has 0 saturated heterocycles. The molecule has 0 aliphatic rings. The summed E-state index contributed by atoms with van der Waals surface area (Å²) in [4.78, 5) is 16.2. The van der Waals surface area contributed by atoms with Crippen LogP contribution in [0.2, 0.25) is 0 Å². The molecule has 2 rings (SSSR count). The van der Waals surface area contributed by atoms with Crippen LogP contribution in [-0.4, -0.2) is 20.5 Å². The zero-order valence-electron chi connectivity index (χ0n) is 11.8. The molecule has 2 aromatic rings. The lowest BCUT2D eigenvalue weighted by Gasteiger charge is -2.09. The van der Waals surface area contributed by atoms with Gasteiger partial charge in [-0.2, -0.15) is 10.4 Å². The summed E-state index contributed by atoms with van der Waals surface area (Å²) >= 11 is 0. The van der Waals surface area contributed by atoms with E-state index < -0.39 is 0 Å². The van der Waals surface area contributed by atoms with Gasteiger partial charge in [0.2, 0.25) is 0 Å². The van der Waals surface area contributed by atoms with Crippen molar-refractivity contribution in [3.63, 3.8) is 0 Å². The van der Waals surface area contributed by atoms with Gasteiger partial charge in [0.05, 0.1) is 17.3 Å². The number of rotatable bonds is 4. The van der Waals surface area contributed by atoms with Gasteiger partial charge < -0.3 is 0 Å². The third kappa shape index (κ3) is 2.45. The van der Waals surface area contributed by atoms with Gasteiger partial charge in [0.15, 0.2) is 11.6 Å². The highest BCUT2D eigenvalue weighted by atomic mass is 16.1. The van der Waals surface area contributed by atoms with Crippen molar-refractivity contribution < 1.29 is 4.79 Å². The van der Waals surface area contributed by atoms with Crippen molar-refractivity contribution in [2.75, 3.05) is 0 Å². The maximum atomic E-state index is 11.8. The number of nitrogens with zero attached hydrogens (tertiary/aromatic N) is 4. The molecule has 0 spiro atoms. The Kier molecular flexibility index (Phi) is 3.94. The standard InChI is InChI=1S/C15H16N4O/c1-4-14-17-15(5-2)19(18-14)13-8-11(9-16)6-7-12(13)10(3)20/h6-8H,4-5H2,1-3H3. The number of carbonyl (C=O) groups excluding carboxylic acids is 1. The minimum absolute atomic E-state index is 0.0555. The number of hydrogen-bond acceptors (Lipinski definition) is 4. The summed E-state index contributed by atoms with van der Waals surface area (Å²) in [6.07, 6.45) is 1.44. The smallest absolute Gasteiger partial charge is 0.161 e. The molecule has 1 aromatic heterocycles. The van der Waals surface area contributed by atoms with Gasteiger partial charge in [-0.1, -0.05) is 13.8 Å². The second kappa shape index (κ2) is 5.66. The lowest BCUT2D eigenvalue weighted by atomic mass is 10.1. The SMILES string of the molecule is CCc1nc(CC)n(-c2cc(C#N)ccc2C(C)=O)n1. The van der Waals surface area contributed by atoms with E-state index in [4.69, 9.17) is 5.26 Å². The number of hydrogen-bond donors (Lipinski definition) is 0. The summed E-state index contributed by atoms with van der Waals surface area (Å²) in [5.41, 5.74) is 1.67. The molecule has 102 valence electrons. The molecule has 5 heteroatoms. The van der Waals surface area contributed by atoms with Gasteiger partial charge in [0.25, 0.3) is 0 Å². The zero-order valence-corrected chi connectivity index (χ0v) is 11.8. The first-order valence-corrected chi connectivity index (χ1v) is 6.61. The third-order valence-corrected chi connectivity index (χ3v) is 3.08.